The highest BCUT2D eigenvalue weighted by molar-refractivity contribution is 8.26. The molecule has 2 aromatic rings. The summed E-state index contributed by atoms with van der Waals surface area (Å²) >= 11 is 6.45. The number of carbonyl (C=O) groups is 2. The van der Waals surface area contributed by atoms with Gasteiger partial charge in [-0.15, -0.1) is 0 Å². The molecule has 2 aromatic carbocycles. The van der Waals surface area contributed by atoms with Crippen molar-refractivity contribution in [2.75, 3.05) is 0 Å². The fourth-order valence-electron chi connectivity index (χ4n) is 3.17. The van der Waals surface area contributed by atoms with E-state index in [0.717, 1.165) is 41.5 Å². The number of benzene rings is 2. The normalized spacial score (nSPS) is 16.1. The van der Waals surface area contributed by atoms with Gasteiger partial charge >= 0.3 is 5.97 Å². The van der Waals surface area contributed by atoms with Crippen LogP contribution in [0.5, 0.6) is 5.75 Å². The maximum absolute atomic E-state index is 12.8. The lowest BCUT2D eigenvalue weighted by atomic mass is 10.1. The Morgan fingerprint density at radius 2 is 1.87 bits per heavy atom. The van der Waals surface area contributed by atoms with Gasteiger partial charge in [-0.05, 0) is 42.7 Å². The molecule has 7 heteroatoms. The van der Waals surface area contributed by atoms with Crippen molar-refractivity contribution in [3.63, 3.8) is 0 Å². The molecular weight excluding hydrogens is 430 g/mol. The van der Waals surface area contributed by atoms with Crippen LogP contribution in [0.15, 0.2) is 53.4 Å². The Labute approximate surface area is 192 Å². The van der Waals surface area contributed by atoms with Crippen molar-refractivity contribution < 1.29 is 19.4 Å². The molecule has 3 rings (SSSR count). The Morgan fingerprint density at radius 1 is 1.19 bits per heavy atom. The molecule has 1 fully saturated rings. The smallest absolute Gasteiger partial charge is 0.326 e. The van der Waals surface area contributed by atoms with Crippen molar-refractivity contribution in [2.45, 2.75) is 45.8 Å². The monoisotopic (exact) mass is 455 g/mol. The van der Waals surface area contributed by atoms with Gasteiger partial charge in [-0.3, -0.25) is 9.69 Å². The predicted molar refractivity (Wildman–Crippen MR) is 128 cm³/mol. The summed E-state index contributed by atoms with van der Waals surface area (Å²) in [6.07, 6.45) is 3.70. The minimum absolute atomic E-state index is 0.290. The first-order chi connectivity index (χ1) is 14.9. The second kappa shape index (κ2) is 10.6. The van der Waals surface area contributed by atoms with Gasteiger partial charge < -0.3 is 9.84 Å². The molecule has 1 unspecified atom stereocenters. The van der Waals surface area contributed by atoms with E-state index in [0.29, 0.717) is 17.9 Å². The van der Waals surface area contributed by atoms with Crippen molar-refractivity contribution in [3.05, 3.63) is 70.1 Å². The zero-order chi connectivity index (χ0) is 22.4. The van der Waals surface area contributed by atoms with E-state index in [1.54, 1.807) is 6.08 Å². The predicted octanol–water partition coefficient (Wildman–Crippen LogP) is 5.42. The van der Waals surface area contributed by atoms with Crippen LogP contribution in [0, 0.1) is 6.92 Å². The largest absolute Gasteiger partial charge is 0.489 e. The molecule has 1 aliphatic heterocycles. The Balaban J connectivity index is 1.67. The number of rotatable bonds is 9. The maximum atomic E-state index is 12.8. The van der Waals surface area contributed by atoms with Crippen molar-refractivity contribution in [3.8, 4) is 5.75 Å². The average Bonchev–Trinajstić information content (AvgIpc) is 3.02. The highest BCUT2D eigenvalue weighted by atomic mass is 32.2. The standard InChI is InChI=1S/C24H25NO4S2/c1-3-4-5-20(23(27)28)25-22(26)21(31-24(25)30)14-17-10-12-19(13-11-17)29-15-18-8-6-16(2)7-9-18/h6-14,20H,3-5,15H2,1-2H3,(H,27,28)/b21-14-. The number of aliphatic carboxylic acids is 1. The topological polar surface area (TPSA) is 66.8 Å². The van der Waals surface area contributed by atoms with Gasteiger partial charge in [0.05, 0.1) is 4.91 Å². The van der Waals surface area contributed by atoms with Crippen LogP contribution in [0.2, 0.25) is 0 Å². The van der Waals surface area contributed by atoms with Crippen LogP contribution in [0.1, 0.15) is 42.9 Å². The molecule has 0 radical (unpaired) electrons. The molecule has 1 N–H and O–H groups in total. The Morgan fingerprint density at radius 3 is 2.48 bits per heavy atom. The summed E-state index contributed by atoms with van der Waals surface area (Å²) in [6, 6.07) is 14.7. The van der Waals surface area contributed by atoms with E-state index >= 15 is 0 Å². The number of thiocarbonyl (C=S) groups is 1. The summed E-state index contributed by atoms with van der Waals surface area (Å²) in [5, 5.41) is 9.55. The fourth-order valence-corrected chi connectivity index (χ4v) is 4.53. The maximum Gasteiger partial charge on any atom is 0.326 e. The van der Waals surface area contributed by atoms with E-state index in [9.17, 15) is 14.7 Å². The van der Waals surface area contributed by atoms with Crippen LogP contribution < -0.4 is 4.74 Å². The third-order valence-electron chi connectivity index (χ3n) is 4.96. The number of hydrogen-bond donors (Lipinski definition) is 1. The lowest BCUT2D eigenvalue weighted by Crippen LogP contribution is -2.43. The third kappa shape index (κ3) is 5.95. The van der Waals surface area contributed by atoms with Crippen LogP contribution in [0.25, 0.3) is 6.08 Å². The van der Waals surface area contributed by atoms with Crippen LogP contribution in [0.3, 0.4) is 0 Å². The zero-order valence-corrected chi connectivity index (χ0v) is 19.2. The van der Waals surface area contributed by atoms with E-state index in [1.807, 2.05) is 50.2 Å². The molecule has 0 saturated carbocycles. The highest BCUT2D eigenvalue weighted by Crippen LogP contribution is 2.35. The molecule has 1 heterocycles. The summed E-state index contributed by atoms with van der Waals surface area (Å²) in [5.74, 6) is -0.643. The van der Waals surface area contributed by atoms with Crippen molar-refractivity contribution in [1.29, 1.82) is 0 Å². The molecule has 1 amide bonds. The van der Waals surface area contributed by atoms with Gasteiger partial charge in [0, 0.05) is 0 Å². The first-order valence-electron chi connectivity index (χ1n) is 10.2. The molecule has 1 saturated heterocycles. The summed E-state index contributed by atoms with van der Waals surface area (Å²) in [6.45, 7) is 4.51. The number of thioether (sulfide) groups is 1. The number of amides is 1. The van der Waals surface area contributed by atoms with Crippen LogP contribution >= 0.6 is 24.0 Å². The van der Waals surface area contributed by atoms with E-state index in [4.69, 9.17) is 17.0 Å². The molecule has 1 aliphatic rings. The van der Waals surface area contributed by atoms with Gasteiger partial charge in [0.15, 0.2) is 0 Å². The number of aryl methyl sites for hydroxylation is 1. The lowest BCUT2D eigenvalue weighted by molar-refractivity contribution is -0.145. The second-order valence-electron chi connectivity index (χ2n) is 7.39. The number of ether oxygens (including phenoxy) is 1. The number of carboxylic acid groups (broad SMARTS) is 1. The Bertz CT molecular complexity index is 984. The van der Waals surface area contributed by atoms with Gasteiger partial charge in [0.2, 0.25) is 0 Å². The minimum atomic E-state index is -1.03. The SMILES string of the molecule is CCCCC(C(=O)O)N1C(=O)/C(=C/c2ccc(OCc3ccc(C)cc3)cc2)SC1=S. The second-order valence-corrected chi connectivity index (χ2v) is 9.07. The average molecular weight is 456 g/mol. The van der Waals surface area contributed by atoms with Crippen molar-refractivity contribution in [1.82, 2.24) is 4.90 Å². The Hall–Kier alpha value is -2.64. The molecule has 0 spiro atoms. The van der Waals surface area contributed by atoms with E-state index < -0.39 is 12.0 Å². The van der Waals surface area contributed by atoms with Gasteiger partial charge in [0.1, 0.15) is 22.7 Å². The van der Waals surface area contributed by atoms with Crippen molar-refractivity contribution in [2.24, 2.45) is 0 Å². The van der Waals surface area contributed by atoms with Crippen molar-refractivity contribution >= 4 is 46.3 Å². The van der Waals surface area contributed by atoms with Gasteiger partial charge in [-0.2, -0.15) is 0 Å². The summed E-state index contributed by atoms with van der Waals surface area (Å²) in [7, 11) is 0. The summed E-state index contributed by atoms with van der Waals surface area (Å²) in [4.78, 5) is 26.2. The molecule has 1 atom stereocenters. The molecular formula is C24H25NO4S2. The van der Waals surface area contributed by atoms with Crippen LogP contribution in [0.4, 0.5) is 0 Å². The van der Waals surface area contributed by atoms with Gasteiger partial charge in [-0.1, -0.05) is 85.7 Å². The molecule has 0 aromatic heterocycles. The van der Waals surface area contributed by atoms with Gasteiger partial charge in [0.25, 0.3) is 5.91 Å². The molecule has 0 aliphatic carbocycles. The molecule has 5 nitrogen and oxygen atoms in total. The van der Waals surface area contributed by atoms with E-state index in [2.05, 4.69) is 12.1 Å². The van der Waals surface area contributed by atoms with Crippen LogP contribution in [-0.4, -0.2) is 32.2 Å². The lowest BCUT2D eigenvalue weighted by Gasteiger charge is -2.22. The molecule has 162 valence electrons. The number of unbranched alkanes of at least 4 members (excludes halogenated alkanes) is 1. The highest BCUT2D eigenvalue weighted by Gasteiger charge is 2.40. The van der Waals surface area contributed by atoms with Crippen LogP contribution in [-0.2, 0) is 16.2 Å². The quantitative estimate of drug-likeness (QED) is 0.402. The number of nitrogens with zero attached hydrogens (tertiary/aromatic N) is 1. The third-order valence-corrected chi connectivity index (χ3v) is 6.29. The minimum Gasteiger partial charge on any atom is -0.489 e. The summed E-state index contributed by atoms with van der Waals surface area (Å²) < 4.78 is 6.11. The fraction of sp³-hybridized carbons (Fsp3) is 0.292. The first-order valence-corrected chi connectivity index (χ1v) is 11.4. The number of carboxylic acids is 1. The van der Waals surface area contributed by atoms with E-state index in [1.165, 1.54) is 10.5 Å². The number of hydrogen-bond acceptors (Lipinski definition) is 5. The Kier molecular flexibility index (Phi) is 7.87. The molecule has 0 bridgehead atoms. The first kappa shape index (κ1) is 23.0. The zero-order valence-electron chi connectivity index (χ0n) is 17.5. The van der Waals surface area contributed by atoms with E-state index in [-0.39, 0.29) is 10.2 Å². The molecule has 31 heavy (non-hydrogen) atoms. The van der Waals surface area contributed by atoms with Gasteiger partial charge in [-0.25, -0.2) is 4.79 Å². The number of carbonyl (C=O) groups excluding carboxylic acids is 1. The summed E-state index contributed by atoms with van der Waals surface area (Å²) in [5.41, 5.74) is 3.12.